The second kappa shape index (κ2) is 31.6. The topological polar surface area (TPSA) is 125 Å². The lowest BCUT2D eigenvalue weighted by Gasteiger charge is -2.27. The quantitative estimate of drug-likeness (QED) is 0.0949. The van der Waals surface area contributed by atoms with Crippen LogP contribution in [0.3, 0.4) is 0 Å². The van der Waals surface area contributed by atoms with Crippen LogP contribution < -0.4 is 13.6 Å². The predicted octanol–water partition coefficient (Wildman–Crippen LogP) is 10.8. The maximum absolute atomic E-state index is 12.5. The number of hydrogen-bond donors (Lipinski definition) is 0. The van der Waals surface area contributed by atoms with Gasteiger partial charge in [-0.05, 0) is 113 Å². The van der Waals surface area contributed by atoms with Gasteiger partial charge in [-0.1, -0.05) is 78.7 Å². The predicted molar refractivity (Wildman–Crippen MR) is 267 cm³/mol. The van der Waals surface area contributed by atoms with Crippen molar-refractivity contribution in [3.05, 3.63) is 89.5 Å². The molecule has 61 heavy (non-hydrogen) atoms. The Bertz CT molecular complexity index is 1620. The summed E-state index contributed by atoms with van der Waals surface area (Å²) in [6, 6.07) is 21.6. The summed E-state index contributed by atoms with van der Waals surface area (Å²) < 4.78 is 43.3. The molecule has 0 bridgehead atoms. The van der Waals surface area contributed by atoms with Gasteiger partial charge < -0.3 is 35.7 Å². The Morgan fingerprint density at radius 2 is 0.738 bits per heavy atom. The Labute approximate surface area is 379 Å². The van der Waals surface area contributed by atoms with Crippen LogP contribution in [-0.2, 0) is 22.1 Å². The van der Waals surface area contributed by atoms with Gasteiger partial charge in [0.1, 0.15) is 29.1 Å². The molecule has 15 heteroatoms. The van der Waals surface area contributed by atoms with Gasteiger partial charge in [0.25, 0.3) is 0 Å². The molecule has 352 valence electrons. The number of ether oxygens (including phenoxy) is 1. The number of carbonyl (C=O) groups excluding carboxylic acids is 3. The number of Topliss-reactive ketones (excluding diaryl/α,β-unsaturated/α-hetero) is 3. The van der Waals surface area contributed by atoms with Crippen LogP contribution in [0.25, 0.3) is 0 Å². The van der Waals surface area contributed by atoms with Crippen LogP contribution in [0.2, 0.25) is 26.2 Å². The number of ketones is 3. The van der Waals surface area contributed by atoms with Gasteiger partial charge in [0.2, 0.25) is 9.04 Å². The van der Waals surface area contributed by atoms with Crippen LogP contribution in [0, 0.1) is 10.8 Å². The molecule has 4 atom stereocenters. The highest BCUT2D eigenvalue weighted by molar-refractivity contribution is 6.50. The van der Waals surface area contributed by atoms with E-state index in [2.05, 4.69) is 6.55 Å². The molecule has 0 saturated carbocycles. The fourth-order valence-electron chi connectivity index (χ4n) is 4.56. The van der Waals surface area contributed by atoms with Crippen LogP contribution in [0.5, 0.6) is 17.2 Å². The van der Waals surface area contributed by atoms with E-state index in [9.17, 15) is 14.4 Å². The van der Waals surface area contributed by atoms with Gasteiger partial charge >= 0.3 is 27.9 Å². The zero-order valence-electron chi connectivity index (χ0n) is 36.4. The van der Waals surface area contributed by atoms with Crippen molar-refractivity contribution in [2.24, 2.45) is 10.8 Å². The highest BCUT2D eigenvalue weighted by atomic mass is 28.3. The van der Waals surface area contributed by atoms with E-state index in [4.69, 9.17) is 35.7 Å². The average Bonchev–Trinajstić information content (AvgIpc) is 3.16. The Balaban J connectivity index is -0.000000248. The molecule has 0 aliphatic rings. The first-order valence-electron chi connectivity index (χ1n) is 18.7. The van der Waals surface area contributed by atoms with Crippen LogP contribution >= 0.6 is 0 Å². The van der Waals surface area contributed by atoms with Crippen LogP contribution in [-0.4, -0.2) is 94.5 Å². The Morgan fingerprint density at radius 3 is 1.02 bits per heavy atom. The monoisotopic (exact) mass is 927 g/mol. The summed E-state index contributed by atoms with van der Waals surface area (Å²) in [5.41, 5.74) is 0.454. The van der Waals surface area contributed by atoms with Crippen molar-refractivity contribution in [3.8, 4) is 17.2 Å². The number of rotatable bonds is 17. The summed E-state index contributed by atoms with van der Waals surface area (Å²) in [6.07, 6.45) is 0.642. The average molecular weight is 928 g/mol. The van der Waals surface area contributed by atoms with E-state index in [0.29, 0.717) is 17.5 Å². The Kier molecular flexibility index (Phi) is 34.6. The SMILES string of the molecule is C.C.C.C.C.CO[SiH](C)COc1ccc(C(=O)C(C)(C)C)cc1.CO[SiH](C)Oc1ccc(C(=O)C(C)(C)C)cc1.CO[SiH](C)Oc1ccc(C(=O)C(C)(C)O[SiH](C)OC)cc1. The van der Waals surface area contributed by atoms with Gasteiger partial charge in [0, 0.05) is 56.0 Å². The minimum Gasteiger partial charge on any atom is -0.522 e. The minimum atomic E-state index is -1.78. The molecule has 0 aliphatic carbocycles. The fraction of sp³-hybridized carbons (Fsp3) is 0.543. The Hall–Kier alpha value is -3.26. The molecule has 0 N–H and O–H groups in total. The second-order valence-corrected chi connectivity index (χ2v) is 23.6. The molecule has 3 aromatic rings. The minimum absolute atomic E-state index is 0. The molecule has 0 saturated heterocycles. The summed E-state index contributed by atoms with van der Waals surface area (Å²) in [6.45, 7) is 22.9. The van der Waals surface area contributed by atoms with E-state index in [0.717, 1.165) is 22.6 Å². The summed E-state index contributed by atoms with van der Waals surface area (Å²) in [5, 5.41) is 0. The molecular weight excluding hydrogens is 841 g/mol. The van der Waals surface area contributed by atoms with Crippen molar-refractivity contribution in [2.75, 3.05) is 34.7 Å². The lowest BCUT2D eigenvalue weighted by Crippen LogP contribution is -2.40. The molecular formula is C46H86O11Si4. The van der Waals surface area contributed by atoms with Gasteiger partial charge in [-0.25, -0.2) is 0 Å². The highest BCUT2D eigenvalue weighted by Crippen LogP contribution is 2.24. The van der Waals surface area contributed by atoms with Gasteiger partial charge in [0.05, 0.1) is 0 Å². The van der Waals surface area contributed by atoms with E-state index in [1.54, 1.807) is 78.7 Å². The molecule has 0 amide bonds. The van der Waals surface area contributed by atoms with Crippen molar-refractivity contribution in [1.29, 1.82) is 0 Å². The van der Waals surface area contributed by atoms with Crippen LogP contribution in [0.15, 0.2) is 72.8 Å². The third kappa shape index (κ3) is 24.8. The highest BCUT2D eigenvalue weighted by Gasteiger charge is 2.32. The molecule has 3 aromatic carbocycles. The zero-order valence-corrected chi connectivity index (χ0v) is 41.1. The molecule has 0 aromatic heterocycles. The van der Waals surface area contributed by atoms with Crippen molar-refractivity contribution in [3.63, 3.8) is 0 Å². The maximum Gasteiger partial charge on any atom is 0.378 e. The maximum atomic E-state index is 12.5. The number of hydrogen-bond acceptors (Lipinski definition) is 11. The third-order valence-corrected chi connectivity index (χ3v) is 13.8. The zero-order chi connectivity index (χ0) is 42.9. The first-order valence-corrected chi connectivity index (χ1v) is 27.4. The van der Waals surface area contributed by atoms with E-state index in [1.807, 2.05) is 97.6 Å². The summed E-state index contributed by atoms with van der Waals surface area (Å²) >= 11 is 0. The molecule has 0 fully saturated rings. The first kappa shape index (κ1) is 66.8. The van der Waals surface area contributed by atoms with Crippen LogP contribution in [0.1, 0.15) is 124 Å². The number of carbonyl (C=O) groups is 3. The molecule has 4 unspecified atom stereocenters. The fourth-order valence-corrected chi connectivity index (χ4v) is 7.43. The van der Waals surface area contributed by atoms with Crippen molar-refractivity contribution in [2.45, 2.75) is 124 Å². The van der Waals surface area contributed by atoms with Gasteiger partial charge in [-0.3, -0.25) is 14.4 Å². The van der Waals surface area contributed by atoms with Gasteiger partial charge in [0.15, 0.2) is 17.3 Å². The second-order valence-electron chi connectivity index (χ2n) is 15.7. The van der Waals surface area contributed by atoms with Gasteiger partial charge in [-0.2, -0.15) is 0 Å². The molecule has 0 aliphatic heterocycles. The van der Waals surface area contributed by atoms with E-state index in [-0.39, 0.29) is 65.3 Å². The van der Waals surface area contributed by atoms with E-state index in [1.165, 1.54) is 0 Å². The Morgan fingerprint density at radius 1 is 0.443 bits per heavy atom. The number of benzene rings is 3. The summed E-state index contributed by atoms with van der Waals surface area (Å²) in [4.78, 5) is 36.5. The molecule has 11 nitrogen and oxygen atoms in total. The molecule has 3 rings (SSSR count). The lowest BCUT2D eigenvalue weighted by atomic mass is 9.86. The third-order valence-electron chi connectivity index (χ3n) is 8.21. The van der Waals surface area contributed by atoms with Crippen LogP contribution in [0.4, 0.5) is 0 Å². The first-order chi connectivity index (χ1) is 26.0. The van der Waals surface area contributed by atoms with Crippen molar-refractivity contribution < 1.29 is 50.1 Å². The molecule has 0 spiro atoms. The summed E-state index contributed by atoms with van der Waals surface area (Å²) in [7, 11) is 0.428. The molecule has 0 radical (unpaired) electrons. The standard InChI is InChI=1S/C14H24O5Si2.C14H22O3Si.C13H20O3Si.5CH4/c1-14(2,19-21(6)17-4)13(15)11-7-9-12(10-8-11)18-20(5)16-3;1-14(2,3)13(15)11-6-8-12(9-7-11)17-10-18(5)16-4;1-13(2,3)12(14)10-6-8-11(9-7-10)16-17(5)15-4;;;;;/h7-10,20-21H,1-6H3;6-9,18H,10H2,1-5H3;6-9,17H,1-5H3;5*1H4. The largest absolute Gasteiger partial charge is 0.522 e. The van der Waals surface area contributed by atoms with Gasteiger partial charge in [-0.15, -0.1) is 0 Å². The van der Waals surface area contributed by atoms with E-state index >= 15 is 0 Å². The van der Waals surface area contributed by atoms with Crippen molar-refractivity contribution in [1.82, 2.24) is 0 Å². The lowest BCUT2D eigenvalue weighted by molar-refractivity contribution is 0.0488. The summed E-state index contributed by atoms with van der Waals surface area (Å²) in [5.74, 6) is 2.48. The normalized spacial score (nSPS) is 12.6. The van der Waals surface area contributed by atoms with Crippen molar-refractivity contribution >= 4 is 54.2 Å². The molecule has 0 heterocycles. The smallest absolute Gasteiger partial charge is 0.378 e. The van der Waals surface area contributed by atoms with E-state index < -0.39 is 42.5 Å².